The number of hydrogen-bond acceptors (Lipinski definition) is 1. The third-order valence-electron chi connectivity index (χ3n) is 2.95. The van der Waals surface area contributed by atoms with Gasteiger partial charge in [-0.25, -0.2) is 4.68 Å². The molecule has 1 heterocycles. The molecule has 0 N–H and O–H groups in total. The van der Waals surface area contributed by atoms with E-state index >= 15 is 0 Å². The van der Waals surface area contributed by atoms with Gasteiger partial charge in [-0.1, -0.05) is 36.4 Å². The van der Waals surface area contributed by atoms with Gasteiger partial charge in [-0.2, -0.15) is 5.10 Å². The molecule has 0 aliphatic heterocycles. The van der Waals surface area contributed by atoms with Crippen LogP contribution in [0.5, 0.6) is 0 Å². The van der Waals surface area contributed by atoms with E-state index in [0.29, 0.717) is 0 Å². The van der Waals surface area contributed by atoms with Crippen molar-refractivity contribution in [2.45, 2.75) is 0 Å². The van der Waals surface area contributed by atoms with Gasteiger partial charge in [0.1, 0.15) is 6.34 Å². The van der Waals surface area contributed by atoms with E-state index in [9.17, 15) is 0 Å². The minimum atomic E-state index is 1.14. The quantitative estimate of drug-likeness (QED) is 0.495. The standard InChI is InChI=1S/C15H15N3/c1-17(2)11-16-18-14-9-5-3-7-12(14)13-8-4-6-10-15(13)18/h3-11H,1-2H3/b16-11-. The van der Waals surface area contributed by atoms with Crippen LogP contribution >= 0.6 is 0 Å². The Hall–Kier alpha value is -2.29. The van der Waals surface area contributed by atoms with Crippen molar-refractivity contribution < 1.29 is 0 Å². The van der Waals surface area contributed by atoms with E-state index in [-0.39, 0.29) is 0 Å². The second-order valence-electron chi connectivity index (χ2n) is 4.54. The third kappa shape index (κ3) is 1.64. The maximum Gasteiger partial charge on any atom is 0.111 e. The third-order valence-corrected chi connectivity index (χ3v) is 2.95. The van der Waals surface area contributed by atoms with Gasteiger partial charge in [-0.15, -0.1) is 0 Å². The maximum absolute atomic E-state index is 4.54. The first-order valence-electron chi connectivity index (χ1n) is 5.96. The number of rotatable bonds is 2. The number of hydrogen-bond donors (Lipinski definition) is 0. The molecule has 0 fully saturated rings. The number of nitrogens with zero attached hydrogens (tertiary/aromatic N) is 3. The lowest BCUT2D eigenvalue weighted by Crippen LogP contribution is -2.09. The van der Waals surface area contributed by atoms with Crippen LogP contribution in [0.15, 0.2) is 53.6 Å². The normalized spacial score (nSPS) is 11.7. The summed E-state index contributed by atoms with van der Waals surface area (Å²) in [5, 5.41) is 7.02. The zero-order chi connectivity index (χ0) is 12.5. The van der Waals surface area contributed by atoms with Crippen LogP contribution in [0, 0.1) is 0 Å². The number of para-hydroxylation sites is 2. The summed E-state index contributed by atoms with van der Waals surface area (Å²) in [5.41, 5.74) is 2.27. The smallest absolute Gasteiger partial charge is 0.111 e. The number of fused-ring (bicyclic) bond motifs is 3. The van der Waals surface area contributed by atoms with Crippen molar-refractivity contribution in [1.29, 1.82) is 0 Å². The van der Waals surface area contributed by atoms with Crippen LogP contribution in [-0.2, 0) is 0 Å². The lowest BCUT2D eigenvalue weighted by atomic mass is 10.2. The van der Waals surface area contributed by atoms with Crippen LogP contribution in [0.3, 0.4) is 0 Å². The molecule has 0 aliphatic carbocycles. The molecule has 18 heavy (non-hydrogen) atoms. The fourth-order valence-electron chi connectivity index (χ4n) is 2.18. The Morgan fingerprint density at radius 3 is 1.89 bits per heavy atom. The SMILES string of the molecule is CN(C)/C=N\n1c2ccccc2c2ccccc21. The highest BCUT2D eigenvalue weighted by Gasteiger charge is 2.07. The molecule has 90 valence electrons. The molecule has 0 saturated heterocycles. The molecule has 3 heteroatoms. The van der Waals surface area contributed by atoms with Gasteiger partial charge >= 0.3 is 0 Å². The van der Waals surface area contributed by atoms with E-state index < -0.39 is 0 Å². The van der Waals surface area contributed by atoms with Gasteiger partial charge in [0.25, 0.3) is 0 Å². The van der Waals surface area contributed by atoms with Gasteiger partial charge in [0, 0.05) is 24.9 Å². The maximum atomic E-state index is 4.54. The van der Waals surface area contributed by atoms with E-state index in [4.69, 9.17) is 0 Å². The minimum Gasteiger partial charge on any atom is -0.367 e. The molecule has 1 aromatic heterocycles. The largest absolute Gasteiger partial charge is 0.367 e. The summed E-state index contributed by atoms with van der Waals surface area (Å²) in [7, 11) is 3.94. The van der Waals surface area contributed by atoms with Crippen molar-refractivity contribution in [1.82, 2.24) is 9.58 Å². The van der Waals surface area contributed by atoms with Gasteiger partial charge in [0.05, 0.1) is 11.0 Å². The van der Waals surface area contributed by atoms with Crippen molar-refractivity contribution in [3.8, 4) is 0 Å². The Balaban J connectivity index is 2.38. The summed E-state index contributed by atoms with van der Waals surface area (Å²) >= 11 is 0. The second kappa shape index (κ2) is 4.18. The average molecular weight is 237 g/mol. The molecule has 2 aromatic carbocycles. The van der Waals surface area contributed by atoms with Gasteiger partial charge in [0.15, 0.2) is 0 Å². The topological polar surface area (TPSA) is 20.5 Å². The van der Waals surface area contributed by atoms with Crippen molar-refractivity contribution in [3.05, 3.63) is 48.5 Å². The molecule has 0 aliphatic rings. The Morgan fingerprint density at radius 2 is 1.39 bits per heavy atom. The summed E-state index contributed by atoms with van der Waals surface area (Å²) in [6.07, 6.45) is 1.82. The molecule has 3 nitrogen and oxygen atoms in total. The summed E-state index contributed by atoms with van der Waals surface area (Å²) in [5.74, 6) is 0. The van der Waals surface area contributed by atoms with E-state index in [2.05, 4.69) is 41.5 Å². The molecular weight excluding hydrogens is 222 g/mol. The van der Waals surface area contributed by atoms with Gasteiger partial charge < -0.3 is 4.90 Å². The molecule has 0 spiro atoms. The predicted molar refractivity (Wildman–Crippen MR) is 77.0 cm³/mol. The fourth-order valence-corrected chi connectivity index (χ4v) is 2.18. The summed E-state index contributed by atoms with van der Waals surface area (Å²) in [6, 6.07) is 16.7. The Labute approximate surface area is 106 Å². The van der Waals surface area contributed by atoms with Crippen molar-refractivity contribution in [2.75, 3.05) is 14.1 Å². The first-order valence-corrected chi connectivity index (χ1v) is 5.96. The Kier molecular flexibility index (Phi) is 2.52. The van der Waals surface area contributed by atoms with E-state index in [1.54, 1.807) is 0 Å². The van der Waals surface area contributed by atoms with Crippen molar-refractivity contribution in [2.24, 2.45) is 5.10 Å². The zero-order valence-electron chi connectivity index (χ0n) is 10.5. The second-order valence-corrected chi connectivity index (χ2v) is 4.54. The molecule has 0 amide bonds. The fraction of sp³-hybridized carbons (Fsp3) is 0.133. The summed E-state index contributed by atoms with van der Waals surface area (Å²) in [4.78, 5) is 1.93. The highest BCUT2D eigenvalue weighted by molar-refractivity contribution is 6.08. The number of aromatic nitrogens is 1. The Bertz CT molecular complexity index is 670. The zero-order valence-corrected chi connectivity index (χ0v) is 10.5. The molecule has 0 atom stereocenters. The van der Waals surface area contributed by atoms with Crippen LogP contribution in [0.1, 0.15) is 0 Å². The summed E-state index contributed by atoms with van der Waals surface area (Å²) in [6.45, 7) is 0. The highest BCUT2D eigenvalue weighted by atomic mass is 15.4. The lowest BCUT2D eigenvalue weighted by Gasteiger charge is -2.04. The predicted octanol–water partition coefficient (Wildman–Crippen LogP) is 3.15. The van der Waals surface area contributed by atoms with Crippen LogP contribution in [0.4, 0.5) is 0 Å². The van der Waals surface area contributed by atoms with Crippen molar-refractivity contribution >= 4 is 28.1 Å². The summed E-state index contributed by atoms with van der Waals surface area (Å²) < 4.78 is 1.99. The van der Waals surface area contributed by atoms with Gasteiger partial charge in [0.2, 0.25) is 0 Å². The first kappa shape index (κ1) is 10.8. The van der Waals surface area contributed by atoms with Gasteiger partial charge in [-0.3, -0.25) is 0 Å². The van der Waals surface area contributed by atoms with Crippen LogP contribution in [-0.4, -0.2) is 30.0 Å². The van der Waals surface area contributed by atoms with Crippen LogP contribution < -0.4 is 0 Å². The molecule has 0 bridgehead atoms. The first-order chi connectivity index (χ1) is 8.77. The van der Waals surface area contributed by atoms with Gasteiger partial charge in [-0.05, 0) is 12.1 Å². The van der Waals surface area contributed by atoms with Crippen LogP contribution in [0.25, 0.3) is 21.8 Å². The molecule has 3 rings (SSSR count). The highest BCUT2D eigenvalue weighted by Crippen LogP contribution is 2.28. The molecule has 0 unspecified atom stereocenters. The van der Waals surface area contributed by atoms with Crippen molar-refractivity contribution in [3.63, 3.8) is 0 Å². The molecule has 3 aromatic rings. The minimum absolute atomic E-state index is 1.14. The van der Waals surface area contributed by atoms with E-state index in [0.717, 1.165) is 11.0 Å². The monoisotopic (exact) mass is 237 g/mol. The average Bonchev–Trinajstić information content (AvgIpc) is 2.71. The lowest BCUT2D eigenvalue weighted by molar-refractivity contribution is 0.635. The van der Waals surface area contributed by atoms with E-state index in [1.807, 2.05) is 42.1 Å². The Morgan fingerprint density at radius 1 is 0.889 bits per heavy atom. The van der Waals surface area contributed by atoms with Crippen LogP contribution in [0.2, 0.25) is 0 Å². The number of benzene rings is 2. The van der Waals surface area contributed by atoms with E-state index in [1.165, 1.54) is 10.8 Å². The molecule has 0 saturated carbocycles. The molecule has 0 radical (unpaired) electrons. The molecular formula is C15H15N3.